The van der Waals surface area contributed by atoms with Crippen molar-refractivity contribution in [2.45, 2.75) is 38.0 Å². The third-order valence-electron chi connectivity index (χ3n) is 6.18. The average Bonchev–Trinajstić information content (AvgIpc) is 3.30. The third-order valence-corrected chi connectivity index (χ3v) is 7.56. The Hall–Kier alpha value is -3.07. The minimum absolute atomic E-state index is 0.178. The lowest BCUT2D eigenvalue weighted by molar-refractivity contribution is 0.601. The molecule has 0 unspecified atom stereocenters. The molecule has 1 aliphatic rings. The van der Waals surface area contributed by atoms with Crippen molar-refractivity contribution >= 4 is 32.4 Å². The Morgan fingerprint density at radius 3 is 2.00 bits per heavy atom. The van der Waals surface area contributed by atoms with Gasteiger partial charge in [0.1, 0.15) is 0 Å². The number of nitrogens with zero attached hydrogens (tertiary/aromatic N) is 3. The fraction of sp³-hybridized carbons (Fsp3) is 0.417. The Bertz CT molecular complexity index is 1410. The zero-order valence-corrected chi connectivity index (χ0v) is 20.3. The lowest BCUT2D eigenvalue weighted by Crippen LogP contribution is -2.39. The van der Waals surface area contributed by atoms with Gasteiger partial charge in [-0.15, -0.1) is 0 Å². The van der Waals surface area contributed by atoms with Crippen LogP contribution >= 0.6 is 0 Å². The molecule has 1 aliphatic heterocycles. The van der Waals surface area contributed by atoms with Crippen molar-refractivity contribution in [1.29, 1.82) is 0 Å². The van der Waals surface area contributed by atoms with Crippen molar-refractivity contribution in [3.8, 4) is 0 Å². The van der Waals surface area contributed by atoms with E-state index in [1.807, 2.05) is 12.1 Å². The van der Waals surface area contributed by atoms with Crippen molar-refractivity contribution in [3.05, 3.63) is 62.7 Å². The van der Waals surface area contributed by atoms with Gasteiger partial charge in [0, 0.05) is 27.2 Å². The Kier molecular flexibility index (Phi) is 6.09. The summed E-state index contributed by atoms with van der Waals surface area (Å²) in [5.74, 6) is 0.480. The summed E-state index contributed by atoms with van der Waals surface area (Å²) >= 11 is 0. The minimum Gasteiger partial charge on any atom is -0.370 e. The van der Waals surface area contributed by atoms with Gasteiger partial charge in [-0.3, -0.25) is 14.3 Å². The summed E-state index contributed by atoms with van der Waals surface area (Å²) in [7, 11) is -0.774. The van der Waals surface area contributed by atoms with E-state index in [9.17, 15) is 18.0 Å². The standard InChI is InChI=1S/C24H30N4O4S/c1-16(2)13-17-7-9-18(10-8-17)33(31,32)25-19-14-21-22(15-20(19)28-11-5-6-12-28)27(4)24(30)23(29)26(21)3/h7-10,14-16,25H,5-6,11-13H2,1-4H3. The van der Waals surface area contributed by atoms with E-state index in [-0.39, 0.29) is 4.90 Å². The van der Waals surface area contributed by atoms with Crippen LogP contribution in [0.2, 0.25) is 0 Å². The Morgan fingerprint density at radius 1 is 0.909 bits per heavy atom. The van der Waals surface area contributed by atoms with Crippen molar-refractivity contribution in [1.82, 2.24) is 9.13 Å². The second-order valence-electron chi connectivity index (χ2n) is 9.13. The number of aromatic nitrogens is 2. The predicted molar refractivity (Wildman–Crippen MR) is 132 cm³/mol. The average molecular weight is 471 g/mol. The molecule has 9 heteroatoms. The van der Waals surface area contributed by atoms with Gasteiger partial charge in [-0.25, -0.2) is 8.42 Å². The molecular formula is C24H30N4O4S. The Balaban J connectivity index is 1.82. The van der Waals surface area contributed by atoms with Crippen molar-refractivity contribution in [2.75, 3.05) is 22.7 Å². The Morgan fingerprint density at radius 2 is 1.45 bits per heavy atom. The smallest absolute Gasteiger partial charge is 0.316 e. The summed E-state index contributed by atoms with van der Waals surface area (Å²) in [6.07, 6.45) is 2.89. The molecular weight excluding hydrogens is 440 g/mol. The van der Waals surface area contributed by atoms with Gasteiger partial charge in [0.15, 0.2) is 0 Å². The van der Waals surface area contributed by atoms with Gasteiger partial charge in [-0.1, -0.05) is 26.0 Å². The first-order valence-electron chi connectivity index (χ1n) is 11.2. The van der Waals surface area contributed by atoms with Crippen LogP contribution in [0.15, 0.2) is 50.9 Å². The molecule has 0 aliphatic carbocycles. The summed E-state index contributed by atoms with van der Waals surface area (Å²) in [5.41, 5.74) is 1.96. The van der Waals surface area contributed by atoms with Crippen LogP contribution in [0.3, 0.4) is 0 Å². The van der Waals surface area contributed by atoms with Crippen molar-refractivity contribution < 1.29 is 8.42 Å². The van der Waals surface area contributed by atoms with Crippen LogP contribution in [0.1, 0.15) is 32.3 Å². The van der Waals surface area contributed by atoms with Crippen LogP contribution in [0.4, 0.5) is 11.4 Å². The van der Waals surface area contributed by atoms with E-state index in [1.54, 1.807) is 31.3 Å². The quantitative estimate of drug-likeness (QED) is 0.559. The fourth-order valence-electron chi connectivity index (χ4n) is 4.39. The molecule has 2 aromatic carbocycles. The molecule has 0 amide bonds. The number of aryl methyl sites for hydroxylation is 2. The highest BCUT2D eigenvalue weighted by Crippen LogP contribution is 2.34. The molecule has 176 valence electrons. The van der Waals surface area contributed by atoms with Gasteiger partial charge < -0.3 is 14.0 Å². The largest absolute Gasteiger partial charge is 0.370 e. The van der Waals surface area contributed by atoms with Gasteiger partial charge in [0.05, 0.1) is 27.3 Å². The van der Waals surface area contributed by atoms with Crippen molar-refractivity contribution in [3.63, 3.8) is 0 Å². The van der Waals surface area contributed by atoms with Crippen LogP contribution in [-0.2, 0) is 30.5 Å². The zero-order valence-electron chi connectivity index (χ0n) is 19.5. The molecule has 8 nitrogen and oxygen atoms in total. The van der Waals surface area contributed by atoms with E-state index in [1.165, 1.54) is 16.2 Å². The summed E-state index contributed by atoms with van der Waals surface area (Å²) in [5, 5.41) is 0. The molecule has 4 rings (SSSR count). The van der Waals surface area contributed by atoms with Crippen LogP contribution in [0, 0.1) is 5.92 Å². The Labute approximate surface area is 193 Å². The first-order valence-corrected chi connectivity index (χ1v) is 12.7. The minimum atomic E-state index is -3.85. The number of benzene rings is 2. The van der Waals surface area contributed by atoms with Gasteiger partial charge in [-0.2, -0.15) is 0 Å². The highest BCUT2D eigenvalue weighted by atomic mass is 32.2. The number of rotatable bonds is 6. The molecule has 1 N–H and O–H groups in total. The van der Waals surface area contributed by atoms with Gasteiger partial charge >= 0.3 is 11.1 Å². The normalized spacial score (nSPS) is 14.4. The highest BCUT2D eigenvalue weighted by molar-refractivity contribution is 7.92. The molecule has 3 aromatic rings. The van der Waals surface area contributed by atoms with Gasteiger partial charge in [-0.05, 0) is 55.0 Å². The molecule has 33 heavy (non-hydrogen) atoms. The second-order valence-corrected chi connectivity index (χ2v) is 10.8. The molecule has 1 aromatic heterocycles. The molecule has 0 bridgehead atoms. The second kappa shape index (κ2) is 8.70. The molecule has 1 fully saturated rings. The number of sulfonamides is 1. The van der Waals surface area contributed by atoms with Crippen LogP contribution in [0.25, 0.3) is 11.0 Å². The maximum absolute atomic E-state index is 13.3. The highest BCUT2D eigenvalue weighted by Gasteiger charge is 2.23. The fourth-order valence-corrected chi connectivity index (χ4v) is 5.46. The molecule has 0 atom stereocenters. The van der Waals surface area contributed by atoms with Crippen LogP contribution in [-0.4, -0.2) is 30.6 Å². The monoisotopic (exact) mass is 470 g/mol. The maximum Gasteiger partial charge on any atom is 0.316 e. The van der Waals surface area contributed by atoms with Crippen molar-refractivity contribution in [2.24, 2.45) is 20.0 Å². The number of hydrogen-bond acceptors (Lipinski definition) is 5. The molecule has 0 spiro atoms. The summed E-state index contributed by atoms with van der Waals surface area (Å²) < 4.78 is 31.8. The van der Waals surface area contributed by atoms with E-state index in [4.69, 9.17) is 0 Å². The van der Waals surface area contributed by atoms with Crippen LogP contribution in [0.5, 0.6) is 0 Å². The number of nitrogens with one attached hydrogen (secondary N) is 1. The first-order chi connectivity index (χ1) is 15.6. The lowest BCUT2D eigenvalue weighted by atomic mass is 10.0. The van der Waals surface area contributed by atoms with E-state index < -0.39 is 21.1 Å². The number of anilines is 2. The maximum atomic E-state index is 13.3. The SMILES string of the molecule is CC(C)Cc1ccc(S(=O)(=O)Nc2cc3c(cc2N2CCCC2)n(C)c(=O)c(=O)n3C)cc1. The van der Waals surface area contributed by atoms with E-state index >= 15 is 0 Å². The summed E-state index contributed by atoms with van der Waals surface area (Å²) in [6.45, 7) is 5.83. The van der Waals surface area contributed by atoms with Crippen LogP contribution < -0.4 is 20.7 Å². The molecule has 1 saturated heterocycles. The first kappa shape index (κ1) is 23.1. The number of hydrogen-bond donors (Lipinski definition) is 1. The molecule has 2 heterocycles. The summed E-state index contributed by atoms with van der Waals surface area (Å²) in [6, 6.07) is 10.4. The van der Waals surface area contributed by atoms with E-state index in [0.717, 1.165) is 37.9 Å². The zero-order chi connectivity index (χ0) is 23.9. The predicted octanol–water partition coefficient (Wildman–Crippen LogP) is 2.84. The van der Waals surface area contributed by atoms with Gasteiger partial charge in [0.25, 0.3) is 10.0 Å². The van der Waals surface area contributed by atoms with E-state index in [0.29, 0.717) is 28.3 Å². The van der Waals surface area contributed by atoms with E-state index in [2.05, 4.69) is 23.5 Å². The third kappa shape index (κ3) is 4.42. The molecule has 0 saturated carbocycles. The number of fused-ring (bicyclic) bond motifs is 1. The van der Waals surface area contributed by atoms with Gasteiger partial charge in [0.2, 0.25) is 0 Å². The summed E-state index contributed by atoms with van der Waals surface area (Å²) in [4.78, 5) is 27.0. The molecule has 0 radical (unpaired) electrons. The lowest BCUT2D eigenvalue weighted by Gasteiger charge is -2.24. The topological polar surface area (TPSA) is 93.4 Å².